The monoisotopic (exact) mass is 292 g/mol. The molecule has 2 saturated carbocycles. The summed E-state index contributed by atoms with van der Waals surface area (Å²) >= 11 is 0. The Hall–Kier alpha value is -0.820. The molecule has 4 aliphatic rings. The van der Waals surface area contributed by atoms with Crippen molar-refractivity contribution in [2.75, 3.05) is 0 Å². The zero-order valence-electron chi connectivity index (χ0n) is 9.25. The van der Waals surface area contributed by atoms with Crippen molar-refractivity contribution in [1.82, 2.24) is 0 Å². The van der Waals surface area contributed by atoms with E-state index in [9.17, 15) is 35.1 Å². The van der Waals surface area contributed by atoms with Crippen molar-refractivity contribution < 1.29 is 35.1 Å². The second kappa shape index (κ2) is 2.93. The van der Waals surface area contributed by atoms with E-state index in [2.05, 4.69) is 0 Å². The Kier molecular flexibility index (Phi) is 2.03. The summed E-state index contributed by atoms with van der Waals surface area (Å²) in [5.41, 5.74) is -9.16. The normalized spacial score (nSPS) is 52.2. The molecule has 4 atom stereocenters. The molecule has 0 aliphatic heterocycles. The Labute approximate surface area is 102 Å². The van der Waals surface area contributed by atoms with Crippen LogP contribution in [0.15, 0.2) is 12.2 Å². The summed E-state index contributed by atoms with van der Waals surface area (Å²) < 4.78 is 110. The van der Waals surface area contributed by atoms with Gasteiger partial charge >= 0.3 is 17.8 Å². The van der Waals surface area contributed by atoms with Gasteiger partial charge in [0, 0.05) is 11.8 Å². The molecule has 0 saturated heterocycles. The number of halogens is 8. The van der Waals surface area contributed by atoms with Gasteiger partial charge in [0.1, 0.15) is 0 Å². The number of rotatable bonds is 0. The Morgan fingerprint density at radius 3 is 1.16 bits per heavy atom. The molecule has 0 aromatic heterocycles. The molecule has 4 unspecified atom stereocenters. The molecule has 0 aromatic rings. The topological polar surface area (TPSA) is 0 Å². The van der Waals surface area contributed by atoms with E-state index in [-0.39, 0.29) is 12.8 Å². The molecule has 0 heterocycles. The largest absolute Gasteiger partial charge is 0.378 e. The predicted molar refractivity (Wildman–Crippen MR) is 47.9 cm³/mol. The zero-order valence-corrected chi connectivity index (χ0v) is 9.25. The van der Waals surface area contributed by atoms with Crippen LogP contribution in [0.25, 0.3) is 0 Å². The van der Waals surface area contributed by atoms with E-state index in [0.29, 0.717) is 0 Å². The molecule has 0 aromatic carbocycles. The van der Waals surface area contributed by atoms with Crippen molar-refractivity contribution in [3.63, 3.8) is 0 Å². The molecule has 19 heavy (non-hydrogen) atoms. The van der Waals surface area contributed by atoms with Crippen LogP contribution in [0.3, 0.4) is 0 Å². The molecular weight excluding hydrogens is 284 g/mol. The maximum Gasteiger partial charge on any atom is 0.378 e. The minimum Gasteiger partial charge on any atom is -0.232 e. The second-order valence-electron chi connectivity index (χ2n) is 5.32. The molecule has 2 fully saturated rings. The highest BCUT2D eigenvalue weighted by atomic mass is 19.4. The molecule has 0 nitrogen and oxygen atoms in total. The fraction of sp³-hybridized carbons (Fsp3) is 0.818. The first kappa shape index (κ1) is 13.2. The van der Waals surface area contributed by atoms with Crippen LogP contribution in [-0.4, -0.2) is 29.1 Å². The van der Waals surface area contributed by atoms with Crippen LogP contribution in [0.1, 0.15) is 12.8 Å². The fourth-order valence-electron chi connectivity index (χ4n) is 3.60. The SMILES string of the molecule is FC1(F)C(F)(F)C2(F)C3C=CC(CC3)C2(F)C1(F)F. The smallest absolute Gasteiger partial charge is 0.232 e. The highest BCUT2D eigenvalue weighted by molar-refractivity contribution is 5.40. The van der Waals surface area contributed by atoms with Gasteiger partial charge in [-0.2, -0.15) is 26.3 Å². The van der Waals surface area contributed by atoms with E-state index in [1.165, 1.54) is 0 Å². The lowest BCUT2D eigenvalue weighted by molar-refractivity contribution is -0.293. The summed E-state index contributed by atoms with van der Waals surface area (Å²) in [4.78, 5) is 0. The first-order chi connectivity index (χ1) is 8.46. The third-order valence-electron chi connectivity index (χ3n) is 4.62. The maximum atomic E-state index is 14.5. The zero-order chi connectivity index (χ0) is 14.5. The van der Waals surface area contributed by atoms with Gasteiger partial charge in [0.25, 0.3) is 0 Å². The molecule has 0 amide bonds. The molecule has 0 N–H and O–H groups in total. The van der Waals surface area contributed by atoms with E-state index in [0.717, 1.165) is 12.2 Å². The van der Waals surface area contributed by atoms with E-state index < -0.39 is 40.9 Å². The summed E-state index contributed by atoms with van der Waals surface area (Å²) in [6.07, 6.45) is 0.894. The van der Waals surface area contributed by atoms with Crippen LogP contribution >= 0.6 is 0 Å². The van der Waals surface area contributed by atoms with Gasteiger partial charge in [-0.25, -0.2) is 8.78 Å². The van der Waals surface area contributed by atoms with Gasteiger partial charge in [0.15, 0.2) is 0 Å². The number of allylic oxidation sites excluding steroid dienone is 2. The van der Waals surface area contributed by atoms with Crippen LogP contribution in [0, 0.1) is 11.8 Å². The van der Waals surface area contributed by atoms with Gasteiger partial charge in [-0.3, -0.25) is 0 Å². The number of alkyl halides is 8. The molecule has 0 radical (unpaired) electrons. The first-order valence-electron chi connectivity index (χ1n) is 5.66. The quantitative estimate of drug-likeness (QED) is 0.469. The standard InChI is InChI=1S/C11H8F8/c12-7-5-1-2-6(4-3-5)8(7,13)10(16,17)11(18,19)9(7,14)15/h1-2,5-6H,3-4H2. The maximum absolute atomic E-state index is 14.5. The Balaban J connectivity index is 2.36. The molecule has 8 heteroatoms. The first-order valence-corrected chi connectivity index (χ1v) is 5.66. The second-order valence-corrected chi connectivity index (χ2v) is 5.32. The minimum atomic E-state index is -6.06. The summed E-state index contributed by atoms with van der Waals surface area (Å²) in [5, 5.41) is 0. The molecule has 0 spiro atoms. The van der Waals surface area contributed by atoms with Crippen molar-refractivity contribution >= 4 is 0 Å². The predicted octanol–water partition coefficient (Wildman–Crippen LogP) is 3.92. The van der Waals surface area contributed by atoms with Gasteiger partial charge in [-0.05, 0) is 12.8 Å². The molecule has 2 bridgehead atoms. The minimum absolute atomic E-state index is 0.356. The lowest BCUT2D eigenvalue weighted by Crippen LogP contribution is -2.68. The van der Waals surface area contributed by atoms with Gasteiger partial charge in [0.2, 0.25) is 11.3 Å². The molecule has 4 rings (SSSR count). The third kappa shape index (κ3) is 0.904. The fourth-order valence-corrected chi connectivity index (χ4v) is 3.60. The highest BCUT2D eigenvalue weighted by Gasteiger charge is 3.01. The molecule has 4 aliphatic carbocycles. The van der Waals surface area contributed by atoms with Crippen molar-refractivity contribution in [2.45, 2.75) is 41.9 Å². The van der Waals surface area contributed by atoms with Crippen LogP contribution in [0.5, 0.6) is 0 Å². The highest BCUT2D eigenvalue weighted by Crippen LogP contribution is 2.75. The third-order valence-corrected chi connectivity index (χ3v) is 4.62. The van der Waals surface area contributed by atoms with E-state index in [4.69, 9.17) is 0 Å². The van der Waals surface area contributed by atoms with Crippen LogP contribution in [0.4, 0.5) is 35.1 Å². The number of hydrogen-bond acceptors (Lipinski definition) is 0. The van der Waals surface area contributed by atoms with Crippen LogP contribution in [0.2, 0.25) is 0 Å². The summed E-state index contributed by atoms with van der Waals surface area (Å²) in [6, 6.07) is 0. The average molecular weight is 292 g/mol. The van der Waals surface area contributed by atoms with Gasteiger partial charge < -0.3 is 0 Å². The molecular formula is C11H8F8. The molecule has 108 valence electrons. The van der Waals surface area contributed by atoms with Crippen molar-refractivity contribution in [2.24, 2.45) is 11.8 Å². The van der Waals surface area contributed by atoms with Gasteiger partial charge in [-0.1, -0.05) is 12.2 Å². The van der Waals surface area contributed by atoms with Gasteiger partial charge in [-0.15, -0.1) is 0 Å². The Bertz CT molecular complexity index is 429. The van der Waals surface area contributed by atoms with Crippen LogP contribution < -0.4 is 0 Å². The van der Waals surface area contributed by atoms with E-state index >= 15 is 0 Å². The van der Waals surface area contributed by atoms with Gasteiger partial charge in [0.05, 0.1) is 0 Å². The van der Waals surface area contributed by atoms with E-state index in [1.54, 1.807) is 0 Å². The number of hydrogen-bond donors (Lipinski definition) is 0. The Morgan fingerprint density at radius 1 is 0.579 bits per heavy atom. The Morgan fingerprint density at radius 2 is 0.895 bits per heavy atom. The van der Waals surface area contributed by atoms with Crippen molar-refractivity contribution in [3.8, 4) is 0 Å². The van der Waals surface area contributed by atoms with Crippen molar-refractivity contribution in [3.05, 3.63) is 12.2 Å². The van der Waals surface area contributed by atoms with Crippen molar-refractivity contribution in [1.29, 1.82) is 0 Å². The van der Waals surface area contributed by atoms with Crippen LogP contribution in [-0.2, 0) is 0 Å². The lowest BCUT2D eigenvalue weighted by Gasteiger charge is -2.51. The lowest BCUT2D eigenvalue weighted by atomic mass is 9.58. The van der Waals surface area contributed by atoms with E-state index in [1.807, 2.05) is 0 Å². The average Bonchev–Trinajstić information content (AvgIpc) is 2.40. The number of fused-ring (bicyclic) bond motifs is 1. The summed E-state index contributed by atoms with van der Waals surface area (Å²) in [5.74, 6) is -21.5. The summed E-state index contributed by atoms with van der Waals surface area (Å²) in [6.45, 7) is 0. The summed E-state index contributed by atoms with van der Waals surface area (Å²) in [7, 11) is 0.